The summed E-state index contributed by atoms with van der Waals surface area (Å²) >= 11 is 0. The van der Waals surface area contributed by atoms with Crippen molar-refractivity contribution in [3.63, 3.8) is 0 Å². The van der Waals surface area contributed by atoms with Crippen molar-refractivity contribution < 1.29 is 29.0 Å². The molecule has 8 heteroatoms. The summed E-state index contributed by atoms with van der Waals surface area (Å²) in [5, 5.41) is 14.1. The molecule has 0 saturated heterocycles. The SMILES string of the molecule is CC(CNC(=O)OC(C)(C)C)C(CC(=O)O)NC(=O)OC(C)(C)C. The predicted octanol–water partition coefficient (Wildman–Crippen LogP) is 2.52. The Morgan fingerprint density at radius 1 is 0.958 bits per heavy atom. The molecule has 140 valence electrons. The predicted molar refractivity (Wildman–Crippen MR) is 88.8 cm³/mol. The summed E-state index contributed by atoms with van der Waals surface area (Å²) in [7, 11) is 0. The first-order valence-corrected chi connectivity index (χ1v) is 7.88. The molecule has 0 heterocycles. The molecule has 8 nitrogen and oxygen atoms in total. The van der Waals surface area contributed by atoms with Gasteiger partial charge in [0.15, 0.2) is 0 Å². The van der Waals surface area contributed by atoms with E-state index < -0.39 is 35.4 Å². The van der Waals surface area contributed by atoms with Crippen molar-refractivity contribution in [1.29, 1.82) is 0 Å². The van der Waals surface area contributed by atoms with Gasteiger partial charge < -0.3 is 25.2 Å². The van der Waals surface area contributed by atoms with Crippen molar-refractivity contribution in [1.82, 2.24) is 10.6 Å². The fourth-order valence-corrected chi connectivity index (χ4v) is 1.74. The summed E-state index contributed by atoms with van der Waals surface area (Å²) in [6.07, 6.45) is -1.57. The fraction of sp³-hybridized carbons (Fsp3) is 0.812. The molecule has 0 aromatic carbocycles. The number of aliphatic carboxylic acids is 1. The molecule has 2 amide bonds. The molecular formula is C16H30N2O6. The maximum atomic E-state index is 11.8. The fourth-order valence-electron chi connectivity index (χ4n) is 1.74. The number of amides is 2. The summed E-state index contributed by atoms with van der Waals surface area (Å²) < 4.78 is 10.3. The number of carbonyl (C=O) groups is 3. The van der Waals surface area contributed by atoms with Gasteiger partial charge in [-0.05, 0) is 47.5 Å². The zero-order valence-electron chi connectivity index (χ0n) is 15.6. The molecule has 2 unspecified atom stereocenters. The Morgan fingerprint density at radius 2 is 1.42 bits per heavy atom. The van der Waals surface area contributed by atoms with Crippen LogP contribution in [-0.4, -0.2) is 47.1 Å². The van der Waals surface area contributed by atoms with Gasteiger partial charge in [-0.1, -0.05) is 6.92 Å². The van der Waals surface area contributed by atoms with Gasteiger partial charge >= 0.3 is 18.2 Å². The minimum absolute atomic E-state index is 0.155. The van der Waals surface area contributed by atoms with Crippen LogP contribution in [0.1, 0.15) is 54.9 Å². The minimum Gasteiger partial charge on any atom is -0.481 e. The lowest BCUT2D eigenvalue weighted by atomic mass is 9.99. The number of carboxylic acid groups (broad SMARTS) is 1. The number of nitrogens with one attached hydrogen (secondary N) is 2. The third-order valence-corrected chi connectivity index (χ3v) is 2.75. The molecular weight excluding hydrogens is 316 g/mol. The number of alkyl carbamates (subject to hydrolysis) is 2. The molecule has 0 spiro atoms. The largest absolute Gasteiger partial charge is 0.481 e. The zero-order valence-corrected chi connectivity index (χ0v) is 15.6. The molecule has 0 aromatic heterocycles. The average molecular weight is 346 g/mol. The highest BCUT2D eigenvalue weighted by Crippen LogP contribution is 2.12. The van der Waals surface area contributed by atoms with E-state index in [-0.39, 0.29) is 18.9 Å². The van der Waals surface area contributed by atoms with Crippen molar-refractivity contribution >= 4 is 18.2 Å². The highest BCUT2D eigenvalue weighted by atomic mass is 16.6. The van der Waals surface area contributed by atoms with E-state index in [2.05, 4.69) is 10.6 Å². The normalized spacial score (nSPS) is 14.3. The maximum Gasteiger partial charge on any atom is 0.407 e. The molecule has 3 N–H and O–H groups in total. The lowest BCUT2D eigenvalue weighted by molar-refractivity contribution is -0.137. The van der Waals surface area contributed by atoms with Crippen LogP contribution in [0.3, 0.4) is 0 Å². The van der Waals surface area contributed by atoms with E-state index >= 15 is 0 Å². The van der Waals surface area contributed by atoms with Gasteiger partial charge in [-0.3, -0.25) is 4.79 Å². The summed E-state index contributed by atoms with van der Waals surface area (Å²) in [4.78, 5) is 34.5. The molecule has 0 saturated carbocycles. The zero-order chi connectivity index (χ0) is 19.1. The first-order valence-electron chi connectivity index (χ1n) is 7.88. The minimum atomic E-state index is -1.06. The molecule has 24 heavy (non-hydrogen) atoms. The van der Waals surface area contributed by atoms with Crippen LogP contribution in [0.5, 0.6) is 0 Å². The van der Waals surface area contributed by atoms with Crippen molar-refractivity contribution in [2.75, 3.05) is 6.54 Å². The Balaban J connectivity index is 4.66. The number of carbonyl (C=O) groups excluding carboxylic acids is 2. The van der Waals surface area contributed by atoms with Crippen LogP contribution in [0.4, 0.5) is 9.59 Å². The van der Waals surface area contributed by atoms with E-state index in [9.17, 15) is 14.4 Å². The first-order chi connectivity index (χ1) is 10.7. The molecule has 0 aliphatic carbocycles. The van der Waals surface area contributed by atoms with Crippen LogP contribution in [0.25, 0.3) is 0 Å². The number of rotatable bonds is 6. The van der Waals surface area contributed by atoms with E-state index in [1.54, 1.807) is 48.5 Å². The van der Waals surface area contributed by atoms with Gasteiger partial charge in [0.25, 0.3) is 0 Å². The Labute approximate surface area is 143 Å². The number of ether oxygens (including phenoxy) is 2. The summed E-state index contributed by atoms with van der Waals surface area (Å²) in [6, 6.07) is -0.688. The smallest absolute Gasteiger partial charge is 0.407 e. The molecule has 2 atom stereocenters. The molecule has 0 aromatic rings. The lowest BCUT2D eigenvalue weighted by Crippen LogP contribution is -2.47. The van der Waals surface area contributed by atoms with Gasteiger partial charge in [0, 0.05) is 12.6 Å². The third-order valence-electron chi connectivity index (χ3n) is 2.75. The molecule has 0 fully saturated rings. The van der Waals surface area contributed by atoms with Crippen LogP contribution in [0, 0.1) is 5.92 Å². The standard InChI is InChI=1S/C16H30N2O6/c1-10(9-17-13(21)23-15(2,3)4)11(8-12(19)20)18-14(22)24-16(5,6)7/h10-11H,8-9H2,1-7H3,(H,17,21)(H,18,22)(H,19,20). The Bertz CT molecular complexity index is 450. The second-order valence-electron chi connectivity index (χ2n) is 7.71. The average Bonchev–Trinajstić information content (AvgIpc) is 2.29. The molecule has 0 radical (unpaired) electrons. The van der Waals surface area contributed by atoms with E-state index in [4.69, 9.17) is 14.6 Å². The highest BCUT2D eigenvalue weighted by Gasteiger charge is 2.26. The van der Waals surface area contributed by atoms with Gasteiger partial charge in [-0.25, -0.2) is 9.59 Å². The second kappa shape index (κ2) is 8.75. The molecule has 0 aliphatic rings. The summed E-state index contributed by atoms with van der Waals surface area (Å²) in [6.45, 7) is 12.3. The Kier molecular flexibility index (Phi) is 8.02. The molecule has 0 rings (SSSR count). The van der Waals surface area contributed by atoms with Crippen molar-refractivity contribution in [2.24, 2.45) is 5.92 Å². The van der Waals surface area contributed by atoms with Crippen molar-refractivity contribution in [3.8, 4) is 0 Å². The van der Waals surface area contributed by atoms with Crippen LogP contribution in [0.15, 0.2) is 0 Å². The van der Waals surface area contributed by atoms with Crippen molar-refractivity contribution in [3.05, 3.63) is 0 Å². The number of carboxylic acids is 1. The van der Waals surface area contributed by atoms with Gasteiger partial charge in [-0.15, -0.1) is 0 Å². The van der Waals surface area contributed by atoms with Gasteiger partial charge in [0.1, 0.15) is 11.2 Å². The third kappa shape index (κ3) is 11.6. The molecule has 0 bridgehead atoms. The van der Waals surface area contributed by atoms with E-state index in [1.165, 1.54) is 0 Å². The maximum absolute atomic E-state index is 11.8. The monoisotopic (exact) mass is 346 g/mol. The van der Waals surface area contributed by atoms with E-state index in [0.29, 0.717) is 0 Å². The van der Waals surface area contributed by atoms with Gasteiger partial charge in [-0.2, -0.15) is 0 Å². The molecule has 0 aliphatic heterocycles. The van der Waals surface area contributed by atoms with Crippen LogP contribution in [0.2, 0.25) is 0 Å². The number of hydrogen-bond acceptors (Lipinski definition) is 5. The summed E-state index contributed by atoms with van der Waals surface area (Å²) in [5.74, 6) is -1.39. The number of hydrogen-bond donors (Lipinski definition) is 3. The quantitative estimate of drug-likeness (QED) is 0.681. The van der Waals surface area contributed by atoms with Crippen LogP contribution in [-0.2, 0) is 14.3 Å². The van der Waals surface area contributed by atoms with Gasteiger partial charge in [0.05, 0.1) is 6.42 Å². The van der Waals surface area contributed by atoms with E-state index in [0.717, 1.165) is 0 Å². The van der Waals surface area contributed by atoms with Gasteiger partial charge in [0.2, 0.25) is 0 Å². The second-order valence-corrected chi connectivity index (χ2v) is 7.71. The van der Waals surface area contributed by atoms with Crippen LogP contribution < -0.4 is 10.6 Å². The first kappa shape index (κ1) is 22.0. The lowest BCUT2D eigenvalue weighted by Gasteiger charge is -2.27. The Hall–Kier alpha value is -1.99. The highest BCUT2D eigenvalue weighted by molar-refractivity contribution is 5.72. The van der Waals surface area contributed by atoms with E-state index in [1.807, 2.05) is 0 Å². The van der Waals surface area contributed by atoms with Crippen molar-refractivity contribution in [2.45, 2.75) is 72.1 Å². The summed E-state index contributed by atoms with van der Waals surface area (Å²) in [5.41, 5.74) is -1.31. The van der Waals surface area contributed by atoms with Crippen LogP contribution >= 0.6 is 0 Å². The Morgan fingerprint density at radius 3 is 1.83 bits per heavy atom. The topological polar surface area (TPSA) is 114 Å².